The molecule has 0 aliphatic rings. The molecule has 1 atom stereocenters. The Morgan fingerprint density at radius 2 is 1.86 bits per heavy atom. The van der Waals surface area contributed by atoms with Crippen molar-refractivity contribution in [3.8, 4) is 0 Å². The van der Waals surface area contributed by atoms with Gasteiger partial charge in [-0.15, -0.1) is 0 Å². The van der Waals surface area contributed by atoms with Gasteiger partial charge in [-0.1, -0.05) is 37.6 Å². The van der Waals surface area contributed by atoms with E-state index in [1.165, 1.54) is 7.11 Å². The van der Waals surface area contributed by atoms with Crippen LogP contribution >= 0.6 is 0 Å². The lowest BCUT2D eigenvalue weighted by Crippen LogP contribution is -2.43. The van der Waals surface area contributed by atoms with Crippen molar-refractivity contribution in [3.63, 3.8) is 0 Å². The summed E-state index contributed by atoms with van der Waals surface area (Å²) in [5.74, 6) is -0.529. The molecule has 0 bridgehead atoms. The van der Waals surface area contributed by atoms with Gasteiger partial charge < -0.3 is 19.9 Å². The fourth-order valence-corrected chi connectivity index (χ4v) is 1.85. The van der Waals surface area contributed by atoms with Crippen LogP contribution in [0.5, 0.6) is 0 Å². The Kier molecular flexibility index (Phi) is 7.99. The number of rotatable bonds is 8. The molecule has 1 aromatic carbocycles. The largest absolute Gasteiger partial charge is 0.467 e. The number of hydrogen-bond acceptors (Lipinski definition) is 5. The van der Waals surface area contributed by atoms with E-state index in [0.29, 0.717) is 13.0 Å². The number of hydrogen-bond donors (Lipinski definition) is 2. The normalized spacial score (nSPS) is 11.6. The number of aliphatic hydroxyl groups is 1. The van der Waals surface area contributed by atoms with Gasteiger partial charge in [-0.3, -0.25) is 0 Å². The van der Waals surface area contributed by atoms with Gasteiger partial charge in [-0.05, 0) is 17.5 Å². The SMILES string of the molecule is CCCCOC(=O)N[C@@H](Cc1ccc(CO)cc1)C(=O)OC. The van der Waals surface area contributed by atoms with Crippen molar-refractivity contribution in [2.45, 2.75) is 38.8 Å². The summed E-state index contributed by atoms with van der Waals surface area (Å²) in [6, 6.07) is 6.32. The second kappa shape index (κ2) is 9.78. The van der Waals surface area contributed by atoms with E-state index in [1.54, 1.807) is 24.3 Å². The number of carbonyl (C=O) groups is 2. The highest BCUT2D eigenvalue weighted by Crippen LogP contribution is 2.08. The van der Waals surface area contributed by atoms with E-state index < -0.39 is 18.1 Å². The molecule has 1 amide bonds. The first-order chi connectivity index (χ1) is 10.6. The molecule has 0 fully saturated rings. The molecule has 1 aromatic rings. The van der Waals surface area contributed by atoms with Crippen LogP contribution in [0.4, 0.5) is 4.79 Å². The Morgan fingerprint density at radius 1 is 1.23 bits per heavy atom. The van der Waals surface area contributed by atoms with Crippen LogP contribution in [0.1, 0.15) is 30.9 Å². The zero-order chi connectivity index (χ0) is 16.4. The Bertz CT molecular complexity index is 472. The average Bonchev–Trinajstić information content (AvgIpc) is 2.54. The van der Waals surface area contributed by atoms with Crippen LogP contribution in [0.15, 0.2) is 24.3 Å². The number of aliphatic hydroxyl groups excluding tert-OH is 1. The number of unbranched alkanes of at least 4 members (excludes halogenated alkanes) is 1. The molecule has 0 heterocycles. The first-order valence-electron chi connectivity index (χ1n) is 7.30. The van der Waals surface area contributed by atoms with Crippen molar-refractivity contribution in [1.82, 2.24) is 5.32 Å². The Morgan fingerprint density at radius 3 is 2.41 bits per heavy atom. The van der Waals surface area contributed by atoms with Crippen molar-refractivity contribution in [3.05, 3.63) is 35.4 Å². The van der Waals surface area contributed by atoms with Gasteiger partial charge >= 0.3 is 12.1 Å². The number of benzene rings is 1. The van der Waals surface area contributed by atoms with Gasteiger partial charge in [-0.25, -0.2) is 9.59 Å². The Balaban J connectivity index is 2.63. The van der Waals surface area contributed by atoms with Crippen LogP contribution in [-0.2, 0) is 27.3 Å². The van der Waals surface area contributed by atoms with Gasteiger partial charge in [0.15, 0.2) is 0 Å². The lowest BCUT2D eigenvalue weighted by molar-refractivity contribution is -0.142. The highest BCUT2D eigenvalue weighted by Gasteiger charge is 2.22. The summed E-state index contributed by atoms with van der Waals surface area (Å²) in [6.45, 7) is 2.28. The van der Waals surface area contributed by atoms with Crippen LogP contribution in [0.3, 0.4) is 0 Å². The summed E-state index contributed by atoms with van der Waals surface area (Å²) in [4.78, 5) is 23.4. The molecular formula is C16H23NO5. The first-order valence-corrected chi connectivity index (χ1v) is 7.30. The number of carbonyl (C=O) groups excluding carboxylic acids is 2. The monoisotopic (exact) mass is 309 g/mol. The van der Waals surface area contributed by atoms with Crippen LogP contribution in [0.25, 0.3) is 0 Å². The predicted molar refractivity (Wildman–Crippen MR) is 81.3 cm³/mol. The number of alkyl carbamates (subject to hydrolysis) is 1. The fourth-order valence-electron chi connectivity index (χ4n) is 1.85. The van der Waals surface area contributed by atoms with Crippen molar-refractivity contribution in [2.75, 3.05) is 13.7 Å². The van der Waals surface area contributed by atoms with E-state index in [9.17, 15) is 9.59 Å². The lowest BCUT2D eigenvalue weighted by Gasteiger charge is -2.16. The standard InChI is InChI=1S/C16H23NO5/c1-3-4-9-22-16(20)17-14(15(19)21-2)10-12-5-7-13(11-18)8-6-12/h5-8,14,18H,3-4,9-11H2,1-2H3,(H,17,20)/t14-/m0/s1. The second-order valence-corrected chi connectivity index (χ2v) is 4.89. The van der Waals surface area contributed by atoms with Crippen molar-refractivity contribution in [1.29, 1.82) is 0 Å². The van der Waals surface area contributed by atoms with Gasteiger partial charge in [0.2, 0.25) is 0 Å². The highest BCUT2D eigenvalue weighted by molar-refractivity contribution is 5.81. The Hall–Kier alpha value is -2.08. The van der Waals surface area contributed by atoms with Gasteiger partial charge in [0.25, 0.3) is 0 Å². The third-order valence-electron chi connectivity index (χ3n) is 3.15. The minimum absolute atomic E-state index is 0.0390. The van der Waals surface area contributed by atoms with Crippen molar-refractivity contribution >= 4 is 12.1 Å². The highest BCUT2D eigenvalue weighted by atomic mass is 16.6. The summed E-state index contributed by atoms with van der Waals surface area (Å²) in [5, 5.41) is 11.5. The zero-order valence-corrected chi connectivity index (χ0v) is 13.0. The van der Waals surface area contributed by atoms with Crippen molar-refractivity contribution < 1.29 is 24.2 Å². The first kappa shape index (κ1) is 18.0. The smallest absolute Gasteiger partial charge is 0.407 e. The minimum Gasteiger partial charge on any atom is -0.467 e. The summed E-state index contributed by atoms with van der Waals surface area (Å²) < 4.78 is 9.70. The number of methoxy groups -OCH3 is 1. The maximum Gasteiger partial charge on any atom is 0.407 e. The number of nitrogens with one attached hydrogen (secondary N) is 1. The minimum atomic E-state index is -0.806. The van der Waals surface area contributed by atoms with E-state index >= 15 is 0 Å². The van der Waals surface area contributed by atoms with Gasteiger partial charge in [0.05, 0.1) is 20.3 Å². The van der Waals surface area contributed by atoms with E-state index in [0.717, 1.165) is 24.0 Å². The van der Waals surface area contributed by atoms with Crippen molar-refractivity contribution in [2.24, 2.45) is 0 Å². The maximum atomic E-state index is 11.8. The molecular weight excluding hydrogens is 286 g/mol. The van der Waals surface area contributed by atoms with Gasteiger partial charge in [-0.2, -0.15) is 0 Å². The molecule has 0 spiro atoms. The molecule has 0 aliphatic carbocycles. The second-order valence-electron chi connectivity index (χ2n) is 4.89. The van der Waals surface area contributed by atoms with Crippen LogP contribution in [-0.4, -0.2) is 36.9 Å². The number of amides is 1. The molecule has 6 heteroatoms. The third-order valence-corrected chi connectivity index (χ3v) is 3.15. The molecule has 2 N–H and O–H groups in total. The fraction of sp³-hybridized carbons (Fsp3) is 0.500. The molecule has 0 aliphatic heterocycles. The van der Waals surface area contributed by atoms with Crippen LogP contribution in [0, 0.1) is 0 Å². The summed E-state index contributed by atoms with van der Waals surface area (Å²) in [6.07, 6.45) is 1.36. The summed E-state index contributed by atoms with van der Waals surface area (Å²) >= 11 is 0. The molecule has 0 saturated carbocycles. The molecule has 6 nitrogen and oxygen atoms in total. The molecule has 22 heavy (non-hydrogen) atoms. The molecule has 1 rings (SSSR count). The third kappa shape index (κ3) is 6.13. The molecule has 0 saturated heterocycles. The van der Waals surface area contributed by atoms with E-state index in [1.807, 2.05) is 6.92 Å². The van der Waals surface area contributed by atoms with Crippen LogP contribution < -0.4 is 5.32 Å². The molecule has 0 radical (unpaired) electrons. The van der Waals surface area contributed by atoms with Gasteiger partial charge in [0.1, 0.15) is 6.04 Å². The zero-order valence-electron chi connectivity index (χ0n) is 13.0. The average molecular weight is 309 g/mol. The predicted octanol–water partition coefficient (Wildman–Crippen LogP) is 1.79. The number of esters is 1. The molecule has 122 valence electrons. The lowest BCUT2D eigenvalue weighted by atomic mass is 10.0. The topological polar surface area (TPSA) is 84.9 Å². The maximum absolute atomic E-state index is 11.8. The summed E-state index contributed by atoms with van der Waals surface area (Å²) in [5.41, 5.74) is 1.63. The quantitative estimate of drug-likeness (QED) is 0.565. The Labute approximate surface area is 130 Å². The molecule has 0 aromatic heterocycles. The van der Waals surface area contributed by atoms with E-state index in [4.69, 9.17) is 14.6 Å². The molecule has 0 unspecified atom stereocenters. The van der Waals surface area contributed by atoms with E-state index in [2.05, 4.69) is 5.32 Å². The summed E-state index contributed by atoms with van der Waals surface area (Å²) in [7, 11) is 1.27. The number of ether oxygens (including phenoxy) is 2. The van der Waals surface area contributed by atoms with Gasteiger partial charge in [0, 0.05) is 6.42 Å². The van der Waals surface area contributed by atoms with Crippen LogP contribution in [0.2, 0.25) is 0 Å². The van der Waals surface area contributed by atoms with E-state index in [-0.39, 0.29) is 6.61 Å².